The van der Waals surface area contributed by atoms with Crippen LogP contribution < -0.4 is 10.2 Å². The van der Waals surface area contributed by atoms with Crippen molar-refractivity contribution in [1.29, 1.82) is 0 Å². The van der Waals surface area contributed by atoms with Gasteiger partial charge >= 0.3 is 6.98 Å². The lowest BCUT2D eigenvalue weighted by Gasteiger charge is -2.12. The van der Waals surface area contributed by atoms with Crippen molar-refractivity contribution in [2.24, 2.45) is 10.2 Å². The molecule has 1 aromatic carbocycles. The van der Waals surface area contributed by atoms with E-state index in [0.717, 1.165) is 0 Å². The topological polar surface area (TPSA) is 88.4 Å². The summed E-state index contributed by atoms with van der Waals surface area (Å²) in [6, 6.07) is 4.42. The van der Waals surface area contributed by atoms with E-state index in [1.54, 1.807) is 14.1 Å². The molecule has 18 heavy (non-hydrogen) atoms. The van der Waals surface area contributed by atoms with Crippen molar-refractivity contribution < 1.29 is 9.53 Å². The van der Waals surface area contributed by atoms with Crippen LogP contribution in [-0.2, 0) is 0 Å². The lowest BCUT2D eigenvalue weighted by molar-refractivity contribution is 0.0827. The number of rotatable bonds is 5. The monoisotopic (exact) mass is 249 g/mol. The standard InChI is InChI=1S/C10H12BN3O4/c1-14(2)10(15)7-4-5-9(18-3)8(6-7)11(12-16)13-17/h4-6H,1-3H3. The molecule has 0 heterocycles. The number of hydrogen-bond acceptors (Lipinski definition) is 6. The zero-order chi connectivity index (χ0) is 13.7. The van der Waals surface area contributed by atoms with Gasteiger partial charge in [-0.25, -0.2) is 0 Å². The van der Waals surface area contributed by atoms with E-state index < -0.39 is 6.98 Å². The van der Waals surface area contributed by atoms with Crippen LogP contribution in [0.15, 0.2) is 28.4 Å². The number of nitrogens with zero attached hydrogens (tertiary/aromatic N) is 3. The van der Waals surface area contributed by atoms with E-state index in [2.05, 4.69) is 10.2 Å². The van der Waals surface area contributed by atoms with Crippen LogP contribution in [0.3, 0.4) is 0 Å². The van der Waals surface area contributed by atoms with Crippen LogP contribution in [0.4, 0.5) is 0 Å². The van der Waals surface area contributed by atoms with Gasteiger partial charge in [0.2, 0.25) is 0 Å². The first-order chi connectivity index (χ1) is 8.54. The second-order valence-electron chi connectivity index (χ2n) is 3.74. The fourth-order valence-electron chi connectivity index (χ4n) is 1.46. The highest BCUT2D eigenvalue weighted by Crippen LogP contribution is 2.12. The molecule has 0 aromatic heterocycles. The third-order valence-corrected chi connectivity index (χ3v) is 2.36. The molecule has 0 N–H and O–H groups in total. The van der Waals surface area contributed by atoms with E-state index in [9.17, 15) is 14.6 Å². The normalized spacial score (nSPS) is 9.50. The fourth-order valence-corrected chi connectivity index (χ4v) is 1.46. The maximum atomic E-state index is 11.8. The third-order valence-electron chi connectivity index (χ3n) is 2.36. The number of hydrogen-bond donors (Lipinski definition) is 0. The maximum absolute atomic E-state index is 11.8. The molecule has 0 saturated carbocycles. The quantitative estimate of drug-likeness (QED) is 0.565. The van der Waals surface area contributed by atoms with Crippen molar-refractivity contribution in [3.63, 3.8) is 0 Å². The van der Waals surface area contributed by atoms with Gasteiger partial charge in [-0.2, -0.15) is 9.81 Å². The largest absolute Gasteiger partial charge is 0.552 e. The minimum atomic E-state index is -1.42. The minimum absolute atomic E-state index is 0.176. The van der Waals surface area contributed by atoms with E-state index in [4.69, 9.17) is 4.74 Å². The first kappa shape index (κ1) is 13.8. The predicted molar refractivity (Wildman–Crippen MR) is 68.0 cm³/mol. The first-order valence-electron chi connectivity index (χ1n) is 5.09. The number of carbonyl (C=O) groups excluding carboxylic acids is 1. The number of benzene rings is 1. The molecule has 0 unspecified atom stereocenters. The summed E-state index contributed by atoms with van der Waals surface area (Å²) >= 11 is 0. The zero-order valence-electron chi connectivity index (χ0n) is 10.3. The fraction of sp³-hybridized carbons (Fsp3) is 0.300. The smallest absolute Gasteiger partial charge is 0.497 e. The summed E-state index contributed by atoms with van der Waals surface area (Å²) in [4.78, 5) is 34.2. The van der Waals surface area contributed by atoms with E-state index in [0.29, 0.717) is 5.56 Å². The summed E-state index contributed by atoms with van der Waals surface area (Å²) in [6.45, 7) is -1.42. The SMILES string of the molecule is COc1ccc(C(=O)N(C)C)cc1B(N=O)N=O. The molecule has 94 valence electrons. The van der Waals surface area contributed by atoms with Crippen LogP contribution in [0.2, 0.25) is 0 Å². The van der Waals surface area contributed by atoms with Gasteiger partial charge < -0.3 is 9.64 Å². The molecule has 0 radical (unpaired) electrons. The third kappa shape index (κ3) is 2.71. The number of carbonyl (C=O) groups is 1. The second kappa shape index (κ2) is 5.90. The Kier molecular flexibility index (Phi) is 4.53. The average molecular weight is 249 g/mol. The van der Waals surface area contributed by atoms with Crippen LogP contribution in [0, 0.1) is 9.81 Å². The highest BCUT2D eigenvalue weighted by Gasteiger charge is 2.27. The molecule has 0 aliphatic heterocycles. The van der Waals surface area contributed by atoms with Crippen molar-refractivity contribution in [3.8, 4) is 5.75 Å². The highest BCUT2D eigenvalue weighted by atomic mass is 16.5. The summed E-state index contributed by atoms with van der Waals surface area (Å²) in [5.41, 5.74) is 0.503. The van der Waals surface area contributed by atoms with Gasteiger partial charge in [-0.3, -0.25) is 4.79 Å². The molecule has 0 aliphatic carbocycles. The first-order valence-corrected chi connectivity index (χ1v) is 5.09. The molecular weight excluding hydrogens is 237 g/mol. The van der Waals surface area contributed by atoms with Gasteiger partial charge in [0, 0.05) is 25.1 Å². The van der Waals surface area contributed by atoms with Crippen molar-refractivity contribution in [2.45, 2.75) is 0 Å². The van der Waals surface area contributed by atoms with E-state index in [-0.39, 0.29) is 17.1 Å². The highest BCUT2D eigenvalue weighted by molar-refractivity contribution is 6.70. The molecule has 0 aliphatic rings. The van der Waals surface area contributed by atoms with Gasteiger partial charge in [0.05, 0.1) is 7.11 Å². The lowest BCUT2D eigenvalue weighted by Crippen LogP contribution is -2.30. The molecular formula is C10H12BN3O4. The van der Waals surface area contributed by atoms with E-state index in [1.165, 1.54) is 30.2 Å². The van der Waals surface area contributed by atoms with Crippen LogP contribution in [-0.4, -0.2) is 39.0 Å². The molecule has 1 aromatic rings. The van der Waals surface area contributed by atoms with Crippen LogP contribution in [0.25, 0.3) is 0 Å². The van der Waals surface area contributed by atoms with Gasteiger partial charge in [0.1, 0.15) is 5.75 Å². The molecule has 1 rings (SSSR count). The Labute approximate surface area is 104 Å². The molecule has 0 fully saturated rings. The molecule has 8 heteroatoms. The molecule has 0 spiro atoms. The summed E-state index contributed by atoms with van der Waals surface area (Å²) in [5, 5.41) is 5.19. The van der Waals surface area contributed by atoms with Gasteiger partial charge in [-0.15, -0.1) is 0 Å². The molecule has 7 nitrogen and oxygen atoms in total. The van der Waals surface area contributed by atoms with E-state index in [1.807, 2.05) is 0 Å². The summed E-state index contributed by atoms with van der Waals surface area (Å²) in [5.74, 6) is 0.0314. The number of amides is 1. The van der Waals surface area contributed by atoms with E-state index >= 15 is 0 Å². The predicted octanol–water partition coefficient (Wildman–Crippen LogP) is 0.625. The van der Waals surface area contributed by atoms with Crippen molar-refractivity contribution in [2.75, 3.05) is 21.2 Å². The van der Waals surface area contributed by atoms with Crippen molar-refractivity contribution in [1.82, 2.24) is 4.90 Å². The number of ether oxygens (including phenoxy) is 1. The Morgan fingerprint density at radius 2 is 1.89 bits per heavy atom. The molecule has 0 saturated heterocycles. The Hall–Kier alpha value is -2.25. The summed E-state index contributed by atoms with van der Waals surface area (Å²) in [6.07, 6.45) is 0. The van der Waals surface area contributed by atoms with Gasteiger partial charge in [0.25, 0.3) is 5.91 Å². The van der Waals surface area contributed by atoms with Gasteiger partial charge in [-0.05, 0) is 18.2 Å². The van der Waals surface area contributed by atoms with Gasteiger partial charge in [0.15, 0.2) is 0 Å². The molecule has 0 bridgehead atoms. The average Bonchev–Trinajstić information content (AvgIpc) is 2.39. The van der Waals surface area contributed by atoms with Crippen LogP contribution in [0.5, 0.6) is 5.75 Å². The second-order valence-corrected chi connectivity index (χ2v) is 3.74. The molecule has 1 amide bonds. The number of methoxy groups -OCH3 is 1. The Morgan fingerprint density at radius 3 is 2.33 bits per heavy atom. The van der Waals surface area contributed by atoms with Crippen LogP contribution in [0.1, 0.15) is 10.4 Å². The van der Waals surface area contributed by atoms with Gasteiger partial charge in [-0.1, -0.05) is 10.2 Å². The minimum Gasteiger partial charge on any atom is -0.497 e. The molecule has 0 atom stereocenters. The Balaban J connectivity index is 3.29. The Morgan fingerprint density at radius 1 is 1.28 bits per heavy atom. The lowest BCUT2D eigenvalue weighted by atomic mass is 9.70. The summed E-state index contributed by atoms with van der Waals surface area (Å²) in [7, 11) is 4.58. The Bertz CT molecular complexity index is 470. The maximum Gasteiger partial charge on any atom is 0.552 e. The van der Waals surface area contributed by atoms with Crippen molar-refractivity contribution in [3.05, 3.63) is 33.6 Å². The summed E-state index contributed by atoms with van der Waals surface area (Å²) < 4.78 is 5.00. The zero-order valence-corrected chi connectivity index (χ0v) is 10.3. The van der Waals surface area contributed by atoms with Crippen LogP contribution >= 0.6 is 0 Å². The van der Waals surface area contributed by atoms with Crippen molar-refractivity contribution >= 4 is 18.4 Å². The number of nitroso groups, excluding NO2 is 2.